The molecule has 0 fully saturated rings. The SMILES string of the molecule is CCOC(C)(C)CNCc1ccc(CSC)o1. The van der Waals surface area contributed by atoms with Crippen LogP contribution in [0.25, 0.3) is 0 Å². The zero-order valence-corrected chi connectivity index (χ0v) is 12.0. The maximum atomic E-state index is 5.67. The number of nitrogens with one attached hydrogen (secondary N) is 1. The van der Waals surface area contributed by atoms with E-state index in [1.165, 1.54) is 0 Å². The van der Waals surface area contributed by atoms with E-state index in [0.717, 1.165) is 37.0 Å². The highest BCUT2D eigenvalue weighted by molar-refractivity contribution is 7.97. The van der Waals surface area contributed by atoms with Crippen molar-refractivity contribution in [3.05, 3.63) is 23.7 Å². The molecule has 98 valence electrons. The Morgan fingerprint density at radius 2 is 2.06 bits per heavy atom. The molecule has 4 heteroatoms. The minimum Gasteiger partial charge on any atom is -0.464 e. The molecule has 0 saturated heterocycles. The van der Waals surface area contributed by atoms with Gasteiger partial charge in [0.15, 0.2) is 0 Å². The highest BCUT2D eigenvalue weighted by Crippen LogP contribution is 2.13. The number of hydrogen-bond acceptors (Lipinski definition) is 4. The molecule has 1 aromatic rings. The lowest BCUT2D eigenvalue weighted by atomic mass is 10.1. The molecular weight excluding hydrogens is 234 g/mol. The first kappa shape index (κ1) is 14.6. The monoisotopic (exact) mass is 257 g/mol. The lowest BCUT2D eigenvalue weighted by molar-refractivity contribution is -0.00920. The van der Waals surface area contributed by atoms with Crippen LogP contribution >= 0.6 is 11.8 Å². The summed E-state index contributed by atoms with van der Waals surface area (Å²) in [7, 11) is 0. The molecule has 0 spiro atoms. The summed E-state index contributed by atoms with van der Waals surface area (Å²) >= 11 is 1.77. The fraction of sp³-hybridized carbons (Fsp3) is 0.692. The second kappa shape index (κ2) is 7.09. The van der Waals surface area contributed by atoms with Crippen molar-refractivity contribution in [2.45, 2.75) is 38.7 Å². The van der Waals surface area contributed by atoms with E-state index in [2.05, 4.69) is 25.4 Å². The van der Waals surface area contributed by atoms with Crippen LogP contribution in [-0.4, -0.2) is 25.0 Å². The molecule has 0 aliphatic heterocycles. The van der Waals surface area contributed by atoms with E-state index >= 15 is 0 Å². The Bertz CT molecular complexity index is 323. The predicted octanol–water partition coefficient (Wildman–Crippen LogP) is 3.05. The quantitative estimate of drug-likeness (QED) is 0.776. The maximum Gasteiger partial charge on any atom is 0.118 e. The fourth-order valence-corrected chi connectivity index (χ4v) is 2.11. The van der Waals surface area contributed by atoms with Gasteiger partial charge < -0.3 is 14.5 Å². The van der Waals surface area contributed by atoms with E-state index in [4.69, 9.17) is 9.15 Å². The Morgan fingerprint density at radius 1 is 1.35 bits per heavy atom. The third-order valence-corrected chi connectivity index (χ3v) is 2.96. The van der Waals surface area contributed by atoms with Gasteiger partial charge in [0.05, 0.1) is 17.9 Å². The van der Waals surface area contributed by atoms with E-state index < -0.39 is 0 Å². The van der Waals surface area contributed by atoms with Crippen molar-refractivity contribution in [3.8, 4) is 0 Å². The third kappa shape index (κ3) is 5.61. The minimum atomic E-state index is -0.122. The smallest absolute Gasteiger partial charge is 0.118 e. The van der Waals surface area contributed by atoms with Gasteiger partial charge in [0.25, 0.3) is 0 Å². The van der Waals surface area contributed by atoms with Crippen molar-refractivity contribution in [1.82, 2.24) is 5.32 Å². The van der Waals surface area contributed by atoms with Crippen LogP contribution < -0.4 is 5.32 Å². The molecule has 0 aliphatic carbocycles. The first-order chi connectivity index (χ1) is 8.07. The number of furan rings is 1. The topological polar surface area (TPSA) is 34.4 Å². The standard InChI is InChI=1S/C13H23NO2S/c1-5-15-13(2,3)10-14-8-11-6-7-12(16-11)9-17-4/h6-7,14H,5,8-10H2,1-4H3. The normalized spacial score (nSPS) is 12.0. The van der Waals surface area contributed by atoms with Crippen LogP contribution in [0.4, 0.5) is 0 Å². The minimum absolute atomic E-state index is 0.122. The molecule has 1 heterocycles. The lowest BCUT2D eigenvalue weighted by Gasteiger charge is -2.24. The largest absolute Gasteiger partial charge is 0.464 e. The highest BCUT2D eigenvalue weighted by atomic mass is 32.2. The Morgan fingerprint density at radius 3 is 2.71 bits per heavy atom. The zero-order valence-electron chi connectivity index (χ0n) is 11.2. The molecule has 0 radical (unpaired) electrons. The molecule has 0 unspecified atom stereocenters. The van der Waals surface area contributed by atoms with E-state index in [0.29, 0.717) is 0 Å². The van der Waals surface area contributed by atoms with E-state index in [-0.39, 0.29) is 5.60 Å². The number of ether oxygens (including phenoxy) is 1. The predicted molar refractivity (Wildman–Crippen MR) is 73.3 cm³/mol. The fourth-order valence-electron chi connectivity index (χ4n) is 1.67. The summed E-state index contributed by atoms with van der Waals surface area (Å²) in [6, 6.07) is 4.08. The Labute approximate surface area is 108 Å². The van der Waals surface area contributed by atoms with Crippen molar-refractivity contribution >= 4 is 11.8 Å². The van der Waals surface area contributed by atoms with Crippen LogP contribution in [0.5, 0.6) is 0 Å². The molecule has 0 saturated carbocycles. The molecule has 17 heavy (non-hydrogen) atoms. The number of rotatable bonds is 8. The van der Waals surface area contributed by atoms with Gasteiger partial charge in [0.2, 0.25) is 0 Å². The Hall–Kier alpha value is -0.450. The maximum absolute atomic E-state index is 5.67. The first-order valence-electron chi connectivity index (χ1n) is 5.98. The molecule has 0 aliphatic rings. The van der Waals surface area contributed by atoms with Gasteiger partial charge in [-0.15, -0.1) is 0 Å². The van der Waals surface area contributed by atoms with Crippen molar-refractivity contribution in [1.29, 1.82) is 0 Å². The van der Waals surface area contributed by atoms with E-state index in [1.54, 1.807) is 11.8 Å². The molecule has 1 rings (SSSR count). The van der Waals surface area contributed by atoms with Crippen molar-refractivity contribution in [2.24, 2.45) is 0 Å². The zero-order chi connectivity index (χ0) is 12.7. The van der Waals surface area contributed by atoms with Crippen LogP contribution in [-0.2, 0) is 17.0 Å². The van der Waals surface area contributed by atoms with Crippen molar-refractivity contribution in [3.63, 3.8) is 0 Å². The first-order valence-corrected chi connectivity index (χ1v) is 7.38. The van der Waals surface area contributed by atoms with Crippen molar-refractivity contribution in [2.75, 3.05) is 19.4 Å². The summed E-state index contributed by atoms with van der Waals surface area (Å²) in [6.07, 6.45) is 2.07. The average molecular weight is 257 g/mol. The number of thioether (sulfide) groups is 1. The molecule has 0 aromatic carbocycles. The molecule has 0 bridgehead atoms. The van der Waals surface area contributed by atoms with Crippen molar-refractivity contribution < 1.29 is 9.15 Å². The van der Waals surface area contributed by atoms with E-state index in [9.17, 15) is 0 Å². The summed E-state index contributed by atoms with van der Waals surface area (Å²) in [4.78, 5) is 0. The molecule has 0 amide bonds. The van der Waals surface area contributed by atoms with Crippen LogP contribution in [0.1, 0.15) is 32.3 Å². The van der Waals surface area contributed by atoms with Gasteiger partial charge in [0.1, 0.15) is 11.5 Å². The van der Waals surface area contributed by atoms with Gasteiger partial charge in [-0.1, -0.05) is 0 Å². The van der Waals surface area contributed by atoms with Gasteiger partial charge in [0, 0.05) is 13.2 Å². The van der Waals surface area contributed by atoms with Gasteiger partial charge >= 0.3 is 0 Å². The van der Waals surface area contributed by atoms with Gasteiger partial charge in [-0.3, -0.25) is 0 Å². The molecular formula is C13H23NO2S. The summed E-state index contributed by atoms with van der Waals surface area (Å²) in [5, 5.41) is 3.36. The Kier molecular flexibility index (Phi) is 6.09. The second-order valence-electron chi connectivity index (χ2n) is 4.60. The van der Waals surface area contributed by atoms with E-state index in [1.807, 2.05) is 19.1 Å². The summed E-state index contributed by atoms with van der Waals surface area (Å²) in [5.74, 6) is 2.96. The van der Waals surface area contributed by atoms with Crippen LogP contribution in [0.3, 0.4) is 0 Å². The Balaban J connectivity index is 2.30. The van der Waals surface area contributed by atoms with Crippen LogP contribution in [0.2, 0.25) is 0 Å². The number of hydrogen-bond donors (Lipinski definition) is 1. The summed E-state index contributed by atoms with van der Waals surface area (Å²) < 4.78 is 11.3. The summed E-state index contributed by atoms with van der Waals surface area (Å²) in [6.45, 7) is 8.51. The second-order valence-corrected chi connectivity index (χ2v) is 5.46. The third-order valence-electron chi connectivity index (χ3n) is 2.39. The van der Waals surface area contributed by atoms with Gasteiger partial charge in [-0.25, -0.2) is 0 Å². The van der Waals surface area contributed by atoms with Gasteiger partial charge in [-0.2, -0.15) is 11.8 Å². The van der Waals surface area contributed by atoms with Crippen LogP contribution in [0.15, 0.2) is 16.5 Å². The summed E-state index contributed by atoms with van der Waals surface area (Å²) in [5.41, 5.74) is -0.122. The van der Waals surface area contributed by atoms with Crippen LogP contribution in [0, 0.1) is 0 Å². The molecule has 3 nitrogen and oxygen atoms in total. The van der Waals surface area contributed by atoms with Gasteiger partial charge in [-0.05, 0) is 39.2 Å². The molecule has 1 aromatic heterocycles. The average Bonchev–Trinajstić information content (AvgIpc) is 2.66. The highest BCUT2D eigenvalue weighted by Gasteiger charge is 2.16. The molecule has 1 N–H and O–H groups in total. The lowest BCUT2D eigenvalue weighted by Crippen LogP contribution is -2.37. The molecule has 0 atom stereocenters.